The second kappa shape index (κ2) is 7.90. The summed E-state index contributed by atoms with van der Waals surface area (Å²) in [6.45, 7) is 4.37. The van der Waals surface area contributed by atoms with Crippen LogP contribution >= 0.6 is 0 Å². The van der Waals surface area contributed by atoms with Crippen molar-refractivity contribution in [3.63, 3.8) is 0 Å². The highest BCUT2D eigenvalue weighted by Gasteiger charge is 2.51. The smallest absolute Gasteiger partial charge is 0.0774 e. The van der Waals surface area contributed by atoms with E-state index in [0.29, 0.717) is 6.42 Å². The zero-order valence-electron chi connectivity index (χ0n) is 16.6. The monoisotopic (exact) mass is 371 g/mol. The number of rotatable bonds is 4. The van der Waals surface area contributed by atoms with Gasteiger partial charge in [-0.25, -0.2) is 0 Å². The minimum absolute atomic E-state index is 0.0741. The molecule has 0 radical (unpaired) electrons. The third-order valence-corrected chi connectivity index (χ3v) is 6.58. The van der Waals surface area contributed by atoms with Crippen LogP contribution in [0.5, 0.6) is 0 Å². The fourth-order valence-electron chi connectivity index (χ4n) is 4.81. The van der Waals surface area contributed by atoms with E-state index in [4.69, 9.17) is 0 Å². The molecule has 5 atom stereocenters. The van der Waals surface area contributed by atoms with Gasteiger partial charge < -0.3 is 10.4 Å². The Hall–Kier alpha value is -2.42. The van der Waals surface area contributed by atoms with Crippen LogP contribution in [0.4, 0.5) is 0 Å². The lowest BCUT2D eigenvalue weighted by molar-refractivity contribution is -0.110. The van der Waals surface area contributed by atoms with Gasteiger partial charge in [0.25, 0.3) is 0 Å². The first-order valence-electron chi connectivity index (χ1n) is 10.2. The molecule has 2 N–H and O–H groups in total. The van der Waals surface area contributed by atoms with E-state index in [9.17, 15) is 5.11 Å². The Balaban J connectivity index is 1.76. The molecule has 1 aliphatic rings. The van der Waals surface area contributed by atoms with E-state index < -0.39 is 5.60 Å². The largest absolute Gasteiger partial charge is 0.389 e. The number of nitrogens with one attached hydrogen (secondary N) is 1. The molecule has 3 aromatic carbocycles. The maximum atomic E-state index is 12.1. The highest BCUT2D eigenvalue weighted by Crippen LogP contribution is 2.48. The summed E-state index contributed by atoms with van der Waals surface area (Å²) < 4.78 is 0. The van der Waals surface area contributed by atoms with Crippen molar-refractivity contribution in [3.05, 3.63) is 108 Å². The fourth-order valence-corrected chi connectivity index (χ4v) is 4.81. The molecule has 0 aromatic heterocycles. The van der Waals surface area contributed by atoms with E-state index in [1.165, 1.54) is 16.7 Å². The molecule has 144 valence electrons. The van der Waals surface area contributed by atoms with E-state index in [1.54, 1.807) is 0 Å². The Morgan fingerprint density at radius 1 is 0.679 bits per heavy atom. The van der Waals surface area contributed by atoms with E-state index >= 15 is 0 Å². The second-order valence-electron chi connectivity index (χ2n) is 8.17. The molecule has 2 heteroatoms. The fraction of sp³-hybridized carbons (Fsp3) is 0.308. The van der Waals surface area contributed by atoms with Crippen LogP contribution in [0.2, 0.25) is 0 Å². The third kappa shape index (κ3) is 3.50. The molecule has 0 amide bonds. The van der Waals surface area contributed by atoms with Gasteiger partial charge in [0.05, 0.1) is 5.60 Å². The molecule has 0 bridgehead atoms. The highest BCUT2D eigenvalue weighted by molar-refractivity contribution is 5.29. The summed E-state index contributed by atoms with van der Waals surface area (Å²) in [7, 11) is 0. The third-order valence-electron chi connectivity index (χ3n) is 6.58. The highest BCUT2D eigenvalue weighted by atomic mass is 16.3. The predicted octanol–water partition coefficient (Wildman–Crippen LogP) is 5.32. The van der Waals surface area contributed by atoms with Crippen molar-refractivity contribution in [2.24, 2.45) is 11.8 Å². The minimum atomic E-state index is -0.812. The van der Waals surface area contributed by atoms with Gasteiger partial charge in [-0.15, -0.1) is 0 Å². The Bertz CT molecular complexity index is 827. The van der Waals surface area contributed by atoms with Gasteiger partial charge in [0.1, 0.15) is 0 Å². The molecule has 1 fully saturated rings. The number of benzene rings is 3. The van der Waals surface area contributed by atoms with Crippen LogP contribution in [0.3, 0.4) is 0 Å². The van der Waals surface area contributed by atoms with Gasteiger partial charge in [0.15, 0.2) is 0 Å². The van der Waals surface area contributed by atoms with Gasteiger partial charge in [0.2, 0.25) is 0 Å². The lowest BCUT2D eigenvalue weighted by atomic mass is 9.64. The van der Waals surface area contributed by atoms with Gasteiger partial charge in [0, 0.05) is 30.3 Å². The summed E-state index contributed by atoms with van der Waals surface area (Å²) >= 11 is 0. The molecule has 1 unspecified atom stereocenters. The minimum Gasteiger partial charge on any atom is -0.389 e. The zero-order valence-corrected chi connectivity index (χ0v) is 16.6. The summed E-state index contributed by atoms with van der Waals surface area (Å²) in [6, 6.07) is 31.6. The van der Waals surface area contributed by atoms with Crippen LogP contribution in [-0.4, -0.2) is 10.7 Å². The normalized spacial score (nSPS) is 30.1. The summed E-state index contributed by atoms with van der Waals surface area (Å²) in [4.78, 5) is 0. The van der Waals surface area contributed by atoms with Crippen LogP contribution in [0.1, 0.15) is 42.6 Å². The first-order chi connectivity index (χ1) is 13.6. The van der Waals surface area contributed by atoms with Crippen molar-refractivity contribution in [2.45, 2.75) is 38.0 Å². The van der Waals surface area contributed by atoms with Crippen molar-refractivity contribution < 1.29 is 5.11 Å². The van der Waals surface area contributed by atoms with Crippen LogP contribution in [0.15, 0.2) is 91.0 Å². The molecule has 1 aliphatic heterocycles. The number of hydrogen-bond acceptors (Lipinski definition) is 2. The summed E-state index contributed by atoms with van der Waals surface area (Å²) in [5, 5.41) is 16.0. The van der Waals surface area contributed by atoms with Crippen LogP contribution in [-0.2, 0) is 6.42 Å². The quantitative estimate of drug-likeness (QED) is 0.651. The molecule has 4 rings (SSSR count). The van der Waals surface area contributed by atoms with Crippen molar-refractivity contribution in [3.8, 4) is 0 Å². The van der Waals surface area contributed by atoms with Crippen molar-refractivity contribution >= 4 is 0 Å². The molecule has 28 heavy (non-hydrogen) atoms. The Kier molecular flexibility index (Phi) is 5.34. The van der Waals surface area contributed by atoms with Crippen molar-refractivity contribution in [1.82, 2.24) is 5.32 Å². The molecule has 0 aliphatic carbocycles. The molecule has 3 aromatic rings. The molecular weight excluding hydrogens is 342 g/mol. The Morgan fingerprint density at radius 3 is 1.50 bits per heavy atom. The summed E-state index contributed by atoms with van der Waals surface area (Å²) in [5.74, 6) is 0.148. The molecule has 1 heterocycles. The van der Waals surface area contributed by atoms with Gasteiger partial charge in [-0.1, -0.05) is 105 Å². The second-order valence-corrected chi connectivity index (χ2v) is 8.17. The lowest BCUT2D eigenvalue weighted by Crippen LogP contribution is -2.58. The van der Waals surface area contributed by atoms with Crippen LogP contribution in [0, 0.1) is 11.8 Å². The van der Waals surface area contributed by atoms with E-state index in [1.807, 2.05) is 18.2 Å². The molecule has 1 saturated heterocycles. The van der Waals surface area contributed by atoms with E-state index in [0.717, 1.165) is 0 Å². The average molecular weight is 372 g/mol. The van der Waals surface area contributed by atoms with Crippen LogP contribution < -0.4 is 5.32 Å². The van der Waals surface area contributed by atoms with Crippen molar-refractivity contribution in [1.29, 1.82) is 0 Å². The predicted molar refractivity (Wildman–Crippen MR) is 115 cm³/mol. The SMILES string of the molecule is C[C@H]1[C@@H](c2ccccc2)N[C@@H](c2ccccc2)[C@H](C)C1(O)Cc1ccccc1. The average Bonchev–Trinajstić information content (AvgIpc) is 2.75. The number of hydrogen-bond donors (Lipinski definition) is 2. The number of piperidine rings is 1. The first-order valence-corrected chi connectivity index (χ1v) is 10.2. The standard InChI is InChI=1S/C26H29NO/c1-19-24(22-14-8-4-9-15-22)27-25(23-16-10-5-11-17-23)20(2)26(19,28)18-21-12-6-3-7-13-21/h3-17,19-20,24-25,27-28H,18H2,1-2H3/t19-,20-,24-,25+,26?/m0/s1. The van der Waals surface area contributed by atoms with Crippen molar-refractivity contribution in [2.75, 3.05) is 0 Å². The summed E-state index contributed by atoms with van der Waals surface area (Å²) in [6.07, 6.45) is 0.657. The molecular formula is C26H29NO. The Labute approximate surface area is 168 Å². The van der Waals surface area contributed by atoms with Gasteiger partial charge >= 0.3 is 0 Å². The molecule has 0 saturated carbocycles. The first kappa shape index (κ1) is 18.9. The van der Waals surface area contributed by atoms with Gasteiger partial charge in [-0.3, -0.25) is 0 Å². The van der Waals surface area contributed by atoms with E-state index in [2.05, 4.69) is 92.0 Å². The topological polar surface area (TPSA) is 32.3 Å². The van der Waals surface area contributed by atoms with Crippen LogP contribution in [0.25, 0.3) is 0 Å². The number of aliphatic hydroxyl groups is 1. The molecule has 0 spiro atoms. The van der Waals surface area contributed by atoms with E-state index in [-0.39, 0.29) is 23.9 Å². The lowest BCUT2D eigenvalue weighted by Gasteiger charge is -2.52. The Morgan fingerprint density at radius 2 is 1.07 bits per heavy atom. The molecule has 2 nitrogen and oxygen atoms in total. The van der Waals surface area contributed by atoms with Gasteiger partial charge in [-0.05, 0) is 16.7 Å². The maximum absolute atomic E-state index is 12.1. The van der Waals surface area contributed by atoms with Gasteiger partial charge in [-0.2, -0.15) is 0 Å². The maximum Gasteiger partial charge on any atom is 0.0774 e. The summed E-state index contributed by atoms with van der Waals surface area (Å²) in [5.41, 5.74) is 2.83. The zero-order chi connectivity index (χ0) is 19.6.